The van der Waals surface area contributed by atoms with Crippen molar-refractivity contribution in [2.75, 3.05) is 7.11 Å². The van der Waals surface area contributed by atoms with Gasteiger partial charge in [0.1, 0.15) is 28.5 Å². The number of methoxy groups -OCH3 is 1. The van der Waals surface area contributed by atoms with Crippen molar-refractivity contribution in [3.63, 3.8) is 0 Å². The lowest BCUT2D eigenvalue weighted by atomic mass is 9.92. The lowest BCUT2D eigenvalue weighted by Gasteiger charge is -2.35. The molecule has 0 saturated heterocycles. The molecule has 116 valence electrons. The third-order valence-corrected chi connectivity index (χ3v) is 3.91. The quantitative estimate of drug-likeness (QED) is 0.791. The fourth-order valence-electron chi connectivity index (χ4n) is 2.83. The molecule has 0 fully saturated rings. The van der Waals surface area contributed by atoms with Crippen molar-refractivity contribution in [2.45, 2.75) is 38.9 Å². The smallest absolute Gasteiger partial charge is 0.142 e. The molecule has 0 unspecified atom stereocenters. The molecule has 2 aliphatic heterocycles. The summed E-state index contributed by atoms with van der Waals surface area (Å²) >= 11 is 0. The summed E-state index contributed by atoms with van der Waals surface area (Å²) in [5, 5.41) is 0. The van der Waals surface area contributed by atoms with E-state index in [4.69, 9.17) is 14.2 Å². The highest BCUT2D eigenvalue weighted by molar-refractivity contribution is 5.85. The Morgan fingerprint density at radius 1 is 0.955 bits per heavy atom. The molecule has 2 aliphatic rings. The summed E-state index contributed by atoms with van der Waals surface area (Å²) in [6.45, 7) is 12.0. The molecule has 0 bridgehead atoms. The first kappa shape index (κ1) is 14.8. The predicted molar refractivity (Wildman–Crippen MR) is 90.6 cm³/mol. The van der Waals surface area contributed by atoms with E-state index in [1.807, 2.05) is 39.8 Å². The van der Waals surface area contributed by atoms with Crippen molar-refractivity contribution in [1.29, 1.82) is 0 Å². The highest BCUT2D eigenvalue weighted by Crippen LogP contribution is 2.50. The average Bonchev–Trinajstić information content (AvgIpc) is 2.43. The molecule has 0 aromatic heterocycles. The Bertz CT molecular complexity index is 653. The zero-order valence-corrected chi connectivity index (χ0v) is 13.8. The number of fused-ring (bicyclic) bond motifs is 2. The van der Waals surface area contributed by atoms with Crippen LogP contribution in [0.25, 0.3) is 18.2 Å². The van der Waals surface area contributed by atoms with Crippen molar-refractivity contribution < 1.29 is 14.2 Å². The van der Waals surface area contributed by atoms with Gasteiger partial charge in [0.15, 0.2) is 0 Å². The summed E-state index contributed by atoms with van der Waals surface area (Å²) in [5.41, 5.74) is 2.00. The van der Waals surface area contributed by atoms with Gasteiger partial charge in [-0.15, -0.1) is 0 Å². The third-order valence-electron chi connectivity index (χ3n) is 3.91. The van der Waals surface area contributed by atoms with Gasteiger partial charge in [0.05, 0.1) is 23.8 Å². The molecule has 2 heterocycles. The molecule has 0 atom stereocenters. The lowest BCUT2D eigenvalue weighted by Crippen LogP contribution is -2.31. The third kappa shape index (κ3) is 2.21. The molecule has 1 aromatic rings. The van der Waals surface area contributed by atoms with E-state index in [0.717, 1.165) is 33.9 Å². The zero-order chi connectivity index (χ0) is 16.1. The van der Waals surface area contributed by atoms with Crippen LogP contribution in [0.1, 0.15) is 44.4 Å². The SMILES string of the molecule is C=Cc1c2c(c(OC)c3c1OC(C)(C)C=C3)C=CC(C)(C)O2. The van der Waals surface area contributed by atoms with Crippen molar-refractivity contribution in [1.82, 2.24) is 0 Å². The van der Waals surface area contributed by atoms with E-state index in [2.05, 4.69) is 18.7 Å². The van der Waals surface area contributed by atoms with Crippen LogP contribution < -0.4 is 14.2 Å². The van der Waals surface area contributed by atoms with Crippen molar-refractivity contribution >= 4 is 18.2 Å². The van der Waals surface area contributed by atoms with Crippen LogP contribution in [0.15, 0.2) is 18.7 Å². The normalized spacial score (nSPS) is 19.5. The first-order valence-corrected chi connectivity index (χ1v) is 7.45. The largest absolute Gasteiger partial charge is 0.495 e. The van der Waals surface area contributed by atoms with E-state index in [1.54, 1.807) is 13.2 Å². The molecule has 0 aliphatic carbocycles. The van der Waals surface area contributed by atoms with Gasteiger partial charge in [-0.2, -0.15) is 0 Å². The summed E-state index contributed by atoms with van der Waals surface area (Å²) in [4.78, 5) is 0. The molecule has 0 saturated carbocycles. The lowest BCUT2D eigenvalue weighted by molar-refractivity contribution is 0.145. The van der Waals surface area contributed by atoms with Crippen LogP contribution in [0.5, 0.6) is 17.2 Å². The number of hydrogen-bond donors (Lipinski definition) is 0. The number of hydrogen-bond acceptors (Lipinski definition) is 3. The fourth-order valence-corrected chi connectivity index (χ4v) is 2.83. The molecular weight excluding hydrogens is 276 g/mol. The Labute approximate surface area is 131 Å². The van der Waals surface area contributed by atoms with Gasteiger partial charge in [0.25, 0.3) is 0 Å². The van der Waals surface area contributed by atoms with Crippen molar-refractivity contribution in [2.24, 2.45) is 0 Å². The Kier molecular flexibility index (Phi) is 3.13. The van der Waals surface area contributed by atoms with E-state index in [-0.39, 0.29) is 11.2 Å². The van der Waals surface area contributed by atoms with Crippen LogP contribution in [0.4, 0.5) is 0 Å². The first-order chi connectivity index (χ1) is 10.3. The maximum Gasteiger partial charge on any atom is 0.142 e. The Balaban J connectivity index is 2.34. The van der Waals surface area contributed by atoms with Crippen LogP contribution in [0, 0.1) is 0 Å². The highest BCUT2D eigenvalue weighted by Gasteiger charge is 2.33. The number of rotatable bonds is 2. The molecule has 3 heteroatoms. The first-order valence-electron chi connectivity index (χ1n) is 7.45. The minimum Gasteiger partial charge on any atom is -0.495 e. The Morgan fingerprint density at radius 3 is 1.77 bits per heavy atom. The van der Waals surface area contributed by atoms with Gasteiger partial charge in [0.2, 0.25) is 0 Å². The van der Waals surface area contributed by atoms with Gasteiger partial charge in [0, 0.05) is 0 Å². The topological polar surface area (TPSA) is 27.7 Å². The fraction of sp³-hybridized carbons (Fsp3) is 0.368. The second-order valence-electron chi connectivity index (χ2n) is 6.71. The summed E-state index contributed by atoms with van der Waals surface area (Å²) in [6, 6.07) is 0. The van der Waals surface area contributed by atoms with Crippen molar-refractivity contribution in [3.05, 3.63) is 35.4 Å². The zero-order valence-electron chi connectivity index (χ0n) is 13.8. The molecule has 0 spiro atoms. The summed E-state index contributed by atoms with van der Waals surface area (Å²) in [5.74, 6) is 2.31. The molecule has 0 radical (unpaired) electrons. The summed E-state index contributed by atoms with van der Waals surface area (Å²) < 4.78 is 18.0. The van der Waals surface area contributed by atoms with Gasteiger partial charge in [-0.05, 0) is 52.0 Å². The van der Waals surface area contributed by atoms with Crippen LogP contribution in [0.3, 0.4) is 0 Å². The minimum absolute atomic E-state index is 0.371. The molecule has 3 rings (SSSR count). The van der Waals surface area contributed by atoms with Gasteiger partial charge < -0.3 is 14.2 Å². The van der Waals surface area contributed by atoms with Crippen LogP contribution in [0.2, 0.25) is 0 Å². The monoisotopic (exact) mass is 298 g/mol. The van der Waals surface area contributed by atoms with E-state index in [9.17, 15) is 0 Å². The average molecular weight is 298 g/mol. The summed E-state index contributed by atoms with van der Waals surface area (Å²) in [7, 11) is 1.67. The molecule has 0 amide bonds. The van der Waals surface area contributed by atoms with Gasteiger partial charge in [-0.1, -0.05) is 12.7 Å². The van der Waals surface area contributed by atoms with E-state index < -0.39 is 0 Å². The van der Waals surface area contributed by atoms with E-state index in [0.29, 0.717) is 0 Å². The van der Waals surface area contributed by atoms with Crippen LogP contribution in [-0.2, 0) is 0 Å². The number of ether oxygens (including phenoxy) is 3. The van der Waals surface area contributed by atoms with Gasteiger partial charge in [-0.25, -0.2) is 0 Å². The van der Waals surface area contributed by atoms with Crippen LogP contribution in [-0.4, -0.2) is 18.3 Å². The highest BCUT2D eigenvalue weighted by atomic mass is 16.5. The molecule has 0 N–H and O–H groups in total. The molecule has 1 aromatic carbocycles. The minimum atomic E-state index is -0.371. The second kappa shape index (κ2) is 4.67. The van der Waals surface area contributed by atoms with Crippen molar-refractivity contribution in [3.8, 4) is 17.2 Å². The summed E-state index contributed by atoms with van der Waals surface area (Å²) in [6.07, 6.45) is 9.97. The molecular formula is C19H22O3. The second-order valence-corrected chi connectivity index (χ2v) is 6.71. The Hall–Kier alpha value is -2.16. The van der Waals surface area contributed by atoms with Gasteiger partial charge in [-0.3, -0.25) is 0 Å². The standard InChI is InChI=1S/C19H22O3/c1-7-12-16-13(8-10-18(2,3)21-16)15(20-6)14-9-11-19(4,5)22-17(12)14/h7-11H,1H2,2-6H3. The Morgan fingerprint density at radius 2 is 1.41 bits per heavy atom. The van der Waals surface area contributed by atoms with Gasteiger partial charge >= 0.3 is 0 Å². The predicted octanol–water partition coefficient (Wildman–Crippen LogP) is 4.71. The molecule has 3 nitrogen and oxygen atoms in total. The van der Waals surface area contributed by atoms with Crippen LogP contribution >= 0.6 is 0 Å². The molecule has 22 heavy (non-hydrogen) atoms. The van der Waals surface area contributed by atoms with E-state index >= 15 is 0 Å². The maximum atomic E-state index is 6.18. The maximum absolute atomic E-state index is 6.18. The number of benzene rings is 1. The van der Waals surface area contributed by atoms with E-state index in [1.165, 1.54) is 0 Å².